The maximum absolute atomic E-state index is 12.5. The Morgan fingerprint density at radius 3 is 2.91 bits per heavy atom. The number of halogens is 3. The summed E-state index contributed by atoms with van der Waals surface area (Å²) in [5, 5.41) is 0.360. The summed E-state index contributed by atoms with van der Waals surface area (Å²) in [4.78, 5) is 22.8. The first kappa shape index (κ1) is 16.4. The topological polar surface area (TPSA) is 58.6 Å². The monoisotopic (exact) mass is 359 g/mol. The van der Waals surface area contributed by atoms with Gasteiger partial charge in [0.2, 0.25) is 0 Å². The normalized spacial score (nSPS) is 14.0. The molecule has 0 saturated heterocycles. The molecule has 0 atom stereocenters. The molecule has 9 heteroatoms. The molecule has 23 heavy (non-hydrogen) atoms. The van der Waals surface area contributed by atoms with Crippen molar-refractivity contribution in [2.45, 2.75) is 40.7 Å². The minimum Gasteiger partial charge on any atom is -0.301 e. The zero-order chi connectivity index (χ0) is 16.4. The quantitative estimate of drug-likeness (QED) is 0.668. The summed E-state index contributed by atoms with van der Waals surface area (Å²) in [7, 11) is 0. The highest BCUT2D eigenvalue weighted by atomic mass is 32.2. The molecule has 1 aliphatic rings. The van der Waals surface area contributed by atoms with E-state index in [1.165, 1.54) is 18.0 Å². The van der Waals surface area contributed by atoms with E-state index in [1.54, 1.807) is 12.1 Å². The number of aromatic nitrogens is 3. The van der Waals surface area contributed by atoms with E-state index >= 15 is 0 Å². The number of pyridine rings is 1. The lowest BCUT2D eigenvalue weighted by Crippen LogP contribution is -2.14. The van der Waals surface area contributed by atoms with Gasteiger partial charge in [-0.05, 0) is 30.9 Å². The Morgan fingerprint density at radius 2 is 2.13 bits per heavy atom. The molecule has 0 bridgehead atoms. The Balaban J connectivity index is 1.77. The molecule has 0 aromatic carbocycles. The van der Waals surface area contributed by atoms with Gasteiger partial charge in [-0.1, -0.05) is 17.8 Å². The Kier molecular flexibility index (Phi) is 4.67. The molecular weight excluding hydrogens is 347 g/mol. The van der Waals surface area contributed by atoms with Crippen LogP contribution in [0.15, 0.2) is 33.3 Å². The molecule has 2 aromatic heterocycles. The zero-order valence-corrected chi connectivity index (χ0v) is 13.4. The van der Waals surface area contributed by atoms with Crippen LogP contribution in [0.3, 0.4) is 0 Å². The van der Waals surface area contributed by atoms with E-state index in [4.69, 9.17) is 0 Å². The highest BCUT2D eigenvalue weighted by Gasteiger charge is 2.31. The minimum absolute atomic E-state index is 0.0731. The molecule has 122 valence electrons. The summed E-state index contributed by atoms with van der Waals surface area (Å²) in [5.41, 5.74) is -2.54. The molecule has 0 spiro atoms. The third-order valence-electron chi connectivity index (χ3n) is 3.35. The van der Waals surface area contributed by atoms with E-state index in [1.807, 2.05) is 0 Å². The van der Waals surface area contributed by atoms with Gasteiger partial charge in [-0.3, -0.25) is 4.79 Å². The van der Waals surface area contributed by atoms with Gasteiger partial charge in [-0.25, -0.2) is 9.97 Å². The summed E-state index contributed by atoms with van der Waals surface area (Å²) >= 11 is 0.975. The molecule has 2 aromatic rings. The van der Waals surface area contributed by atoms with Crippen molar-refractivity contribution in [3.8, 4) is 0 Å². The zero-order valence-electron chi connectivity index (χ0n) is 11.8. The van der Waals surface area contributed by atoms with E-state index in [0.29, 0.717) is 10.7 Å². The second-order valence-corrected chi connectivity index (χ2v) is 6.97. The number of fused-ring (bicyclic) bond motifs is 1. The highest BCUT2D eigenvalue weighted by molar-refractivity contribution is 8.00. The predicted octanol–water partition coefficient (Wildman–Crippen LogP) is 3.56. The molecule has 4 nitrogen and oxygen atoms in total. The first-order valence-corrected chi connectivity index (χ1v) is 8.67. The molecule has 3 rings (SSSR count). The van der Waals surface area contributed by atoms with Gasteiger partial charge >= 0.3 is 5.51 Å². The second kappa shape index (κ2) is 6.56. The number of hydrogen-bond donors (Lipinski definition) is 1. The van der Waals surface area contributed by atoms with E-state index < -0.39 is 5.51 Å². The Morgan fingerprint density at radius 1 is 1.30 bits per heavy atom. The molecule has 0 fully saturated rings. The van der Waals surface area contributed by atoms with E-state index in [-0.39, 0.29) is 28.1 Å². The van der Waals surface area contributed by atoms with Crippen LogP contribution in [0.25, 0.3) is 0 Å². The molecule has 0 radical (unpaired) electrons. The van der Waals surface area contributed by atoms with Gasteiger partial charge in [0.1, 0.15) is 5.03 Å². The number of thioether (sulfide) groups is 2. The third-order valence-corrected chi connectivity index (χ3v) is 5.06. The fraction of sp³-hybridized carbons (Fsp3) is 0.357. The van der Waals surface area contributed by atoms with Crippen LogP contribution in [-0.4, -0.2) is 20.5 Å². The first-order valence-electron chi connectivity index (χ1n) is 6.87. The van der Waals surface area contributed by atoms with Gasteiger partial charge < -0.3 is 4.98 Å². The molecule has 1 N–H and O–H groups in total. The van der Waals surface area contributed by atoms with E-state index in [9.17, 15) is 18.0 Å². The molecular formula is C14H12F3N3OS2. The van der Waals surface area contributed by atoms with Crippen LogP contribution >= 0.6 is 23.5 Å². The number of rotatable bonds is 4. The van der Waals surface area contributed by atoms with Gasteiger partial charge in [-0.2, -0.15) is 13.2 Å². The van der Waals surface area contributed by atoms with Crippen LogP contribution in [-0.2, 0) is 18.6 Å². The molecule has 2 heterocycles. The lowest BCUT2D eigenvalue weighted by Gasteiger charge is -2.09. The van der Waals surface area contributed by atoms with Gasteiger partial charge in [0.15, 0.2) is 5.16 Å². The largest absolute Gasteiger partial charge is 0.447 e. The van der Waals surface area contributed by atoms with E-state index in [2.05, 4.69) is 15.0 Å². The van der Waals surface area contributed by atoms with Crippen molar-refractivity contribution in [3.63, 3.8) is 0 Å². The van der Waals surface area contributed by atoms with Gasteiger partial charge in [0, 0.05) is 29.3 Å². The number of nitrogens with zero attached hydrogens (tertiary/aromatic N) is 2. The van der Waals surface area contributed by atoms with Crippen molar-refractivity contribution in [2.75, 3.05) is 0 Å². The third kappa shape index (κ3) is 4.08. The van der Waals surface area contributed by atoms with Crippen molar-refractivity contribution in [2.24, 2.45) is 0 Å². The van der Waals surface area contributed by atoms with Gasteiger partial charge in [-0.15, -0.1) is 0 Å². The standard InChI is InChI=1S/C14H12F3N3OS2/c15-14(16,17)23-12-8(3-2-6-18-12)7-22-13-19-10-5-1-4-9(10)11(21)20-13/h2-3,6H,1,4-5,7H2,(H,19,20,21). The SMILES string of the molecule is O=c1[nH]c(SCc2cccnc2SC(F)(F)F)nc2c1CCC2. The Bertz CT molecular complexity index is 777. The maximum atomic E-state index is 12.5. The number of hydrogen-bond acceptors (Lipinski definition) is 5. The Hall–Kier alpha value is -1.48. The van der Waals surface area contributed by atoms with Gasteiger partial charge in [0.05, 0.1) is 5.69 Å². The molecule has 0 saturated carbocycles. The summed E-state index contributed by atoms with van der Waals surface area (Å²) in [6.45, 7) is 0. The van der Waals surface area contributed by atoms with Crippen LogP contribution in [0, 0.1) is 0 Å². The number of aryl methyl sites for hydroxylation is 1. The lowest BCUT2D eigenvalue weighted by atomic mass is 10.3. The van der Waals surface area contributed by atoms with Crippen LogP contribution in [0.1, 0.15) is 23.2 Å². The fourth-order valence-corrected chi connectivity index (χ4v) is 3.93. The second-order valence-electron chi connectivity index (χ2n) is 4.95. The molecule has 0 unspecified atom stereocenters. The smallest absolute Gasteiger partial charge is 0.301 e. The number of nitrogens with one attached hydrogen (secondary N) is 1. The van der Waals surface area contributed by atoms with Crippen LogP contribution in [0.4, 0.5) is 13.2 Å². The number of H-pyrrole nitrogens is 1. The van der Waals surface area contributed by atoms with Crippen molar-refractivity contribution in [3.05, 3.63) is 45.5 Å². The van der Waals surface area contributed by atoms with Crippen molar-refractivity contribution in [1.29, 1.82) is 0 Å². The number of aromatic amines is 1. The molecule has 0 amide bonds. The van der Waals surface area contributed by atoms with E-state index in [0.717, 1.165) is 30.5 Å². The molecule has 0 aliphatic heterocycles. The van der Waals surface area contributed by atoms with Crippen molar-refractivity contribution >= 4 is 23.5 Å². The number of alkyl halides is 3. The first-order chi connectivity index (χ1) is 10.9. The van der Waals surface area contributed by atoms with Crippen LogP contribution in [0.2, 0.25) is 0 Å². The van der Waals surface area contributed by atoms with Crippen LogP contribution in [0.5, 0.6) is 0 Å². The predicted molar refractivity (Wildman–Crippen MR) is 82.6 cm³/mol. The summed E-state index contributed by atoms with van der Waals surface area (Å²) in [6.07, 6.45) is 3.75. The summed E-state index contributed by atoms with van der Waals surface area (Å²) < 4.78 is 37.6. The fourth-order valence-electron chi connectivity index (χ4n) is 2.37. The molecule has 1 aliphatic carbocycles. The average molecular weight is 359 g/mol. The summed E-state index contributed by atoms with van der Waals surface area (Å²) in [5.74, 6) is 0.258. The highest BCUT2D eigenvalue weighted by Crippen LogP contribution is 2.38. The van der Waals surface area contributed by atoms with Gasteiger partial charge in [0.25, 0.3) is 5.56 Å². The van der Waals surface area contributed by atoms with Crippen molar-refractivity contribution < 1.29 is 13.2 Å². The lowest BCUT2D eigenvalue weighted by molar-refractivity contribution is -0.0329. The van der Waals surface area contributed by atoms with Crippen LogP contribution < -0.4 is 5.56 Å². The maximum Gasteiger partial charge on any atom is 0.447 e. The van der Waals surface area contributed by atoms with Crippen molar-refractivity contribution in [1.82, 2.24) is 15.0 Å². The average Bonchev–Trinajstić information content (AvgIpc) is 2.94. The summed E-state index contributed by atoms with van der Waals surface area (Å²) in [6, 6.07) is 3.19. The Labute approximate surface area is 138 Å². The minimum atomic E-state index is -4.38.